The highest BCUT2D eigenvalue weighted by molar-refractivity contribution is 7.16. The Morgan fingerprint density at radius 3 is 2.86 bits per heavy atom. The Labute approximate surface area is 125 Å². The van der Waals surface area contributed by atoms with Gasteiger partial charge < -0.3 is 5.32 Å². The standard InChI is InChI=1S/C16H12N4S/c1-10-2-4-13-12(6-10)16(18-8-17-13)20-11-3-5-15-14(7-11)19-9-21-15/h2-9H,1H3,(H,17,18,20). The van der Waals surface area contributed by atoms with Gasteiger partial charge in [0.05, 0.1) is 21.2 Å². The third-order valence-electron chi connectivity index (χ3n) is 3.38. The molecule has 0 radical (unpaired) electrons. The minimum Gasteiger partial charge on any atom is -0.340 e. The molecule has 4 aromatic rings. The van der Waals surface area contributed by atoms with Gasteiger partial charge in [-0.1, -0.05) is 11.6 Å². The van der Waals surface area contributed by atoms with Gasteiger partial charge in [-0.2, -0.15) is 0 Å². The van der Waals surface area contributed by atoms with E-state index in [1.807, 2.05) is 23.7 Å². The summed E-state index contributed by atoms with van der Waals surface area (Å²) in [4.78, 5) is 13.0. The van der Waals surface area contributed by atoms with Crippen LogP contribution >= 0.6 is 11.3 Å². The number of fused-ring (bicyclic) bond motifs is 2. The van der Waals surface area contributed by atoms with Crippen LogP contribution in [0, 0.1) is 6.92 Å². The molecule has 0 spiro atoms. The molecule has 4 nitrogen and oxygen atoms in total. The lowest BCUT2D eigenvalue weighted by atomic mass is 10.1. The summed E-state index contributed by atoms with van der Waals surface area (Å²) in [5.41, 5.74) is 5.97. The van der Waals surface area contributed by atoms with E-state index in [0.29, 0.717) is 0 Å². The summed E-state index contributed by atoms with van der Waals surface area (Å²) < 4.78 is 1.18. The second kappa shape index (κ2) is 4.79. The second-order valence-corrected chi connectivity index (χ2v) is 5.79. The Bertz CT molecular complexity index is 945. The number of nitrogens with zero attached hydrogens (tertiary/aromatic N) is 3. The van der Waals surface area contributed by atoms with Gasteiger partial charge in [-0.15, -0.1) is 11.3 Å². The SMILES string of the molecule is Cc1ccc2ncnc(Nc3ccc4scnc4c3)c2c1. The van der Waals surface area contributed by atoms with Crippen LogP contribution in [-0.4, -0.2) is 15.0 Å². The van der Waals surface area contributed by atoms with Crippen LogP contribution in [0.1, 0.15) is 5.56 Å². The molecule has 5 heteroatoms. The van der Waals surface area contributed by atoms with Crippen LogP contribution in [0.4, 0.5) is 11.5 Å². The number of aryl methyl sites for hydroxylation is 1. The normalized spacial score (nSPS) is 11.1. The molecule has 2 heterocycles. The molecule has 0 unspecified atom stereocenters. The minimum atomic E-state index is 0.818. The Balaban J connectivity index is 1.81. The fraction of sp³-hybridized carbons (Fsp3) is 0.0625. The molecule has 0 saturated heterocycles. The van der Waals surface area contributed by atoms with Gasteiger partial charge in [0.2, 0.25) is 0 Å². The zero-order chi connectivity index (χ0) is 14.2. The Morgan fingerprint density at radius 1 is 0.952 bits per heavy atom. The molecule has 4 rings (SSSR count). The summed E-state index contributed by atoms with van der Waals surface area (Å²) in [6, 6.07) is 12.3. The molecule has 0 atom stereocenters. The summed E-state index contributed by atoms with van der Waals surface area (Å²) in [5.74, 6) is 0.818. The van der Waals surface area contributed by atoms with Crippen LogP contribution in [0.3, 0.4) is 0 Å². The number of anilines is 2. The topological polar surface area (TPSA) is 50.7 Å². The van der Waals surface area contributed by atoms with Crippen molar-refractivity contribution in [3.8, 4) is 0 Å². The zero-order valence-electron chi connectivity index (χ0n) is 11.4. The predicted octanol–water partition coefficient (Wildman–Crippen LogP) is 4.29. The molecule has 1 N–H and O–H groups in total. The van der Waals surface area contributed by atoms with Crippen molar-refractivity contribution in [2.45, 2.75) is 6.92 Å². The molecule has 0 bridgehead atoms. The van der Waals surface area contributed by atoms with E-state index in [0.717, 1.165) is 27.9 Å². The number of benzene rings is 2. The maximum absolute atomic E-state index is 4.37. The second-order valence-electron chi connectivity index (χ2n) is 4.90. The Hall–Kier alpha value is -2.53. The van der Waals surface area contributed by atoms with Crippen molar-refractivity contribution in [2.24, 2.45) is 0 Å². The number of hydrogen-bond acceptors (Lipinski definition) is 5. The van der Waals surface area contributed by atoms with E-state index < -0.39 is 0 Å². The lowest BCUT2D eigenvalue weighted by Gasteiger charge is -2.08. The van der Waals surface area contributed by atoms with Crippen LogP contribution in [0.15, 0.2) is 48.2 Å². The van der Waals surface area contributed by atoms with Crippen LogP contribution in [0.2, 0.25) is 0 Å². The van der Waals surface area contributed by atoms with Crippen molar-refractivity contribution in [3.05, 3.63) is 53.8 Å². The Morgan fingerprint density at radius 2 is 1.90 bits per heavy atom. The van der Waals surface area contributed by atoms with E-state index in [-0.39, 0.29) is 0 Å². The number of aromatic nitrogens is 3. The van der Waals surface area contributed by atoms with Crippen molar-refractivity contribution < 1.29 is 0 Å². The van der Waals surface area contributed by atoms with E-state index in [1.165, 1.54) is 10.3 Å². The lowest BCUT2D eigenvalue weighted by Crippen LogP contribution is -1.96. The molecule has 2 aromatic heterocycles. The fourth-order valence-electron chi connectivity index (χ4n) is 2.34. The summed E-state index contributed by atoms with van der Waals surface area (Å²) in [7, 11) is 0. The largest absolute Gasteiger partial charge is 0.340 e. The summed E-state index contributed by atoms with van der Waals surface area (Å²) in [5, 5.41) is 4.39. The van der Waals surface area contributed by atoms with Crippen LogP contribution in [0.5, 0.6) is 0 Å². The van der Waals surface area contributed by atoms with E-state index in [9.17, 15) is 0 Å². The maximum Gasteiger partial charge on any atom is 0.141 e. The van der Waals surface area contributed by atoms with Crippen molar-refractivity contribution in [2.75, 3.05) is 5.32 Å². The molecule has 2 aromatic carbocycles. The van der Waals surface area contributed by atoms with Gasteiger partial charge >= 0.3 is 0 Å². The first-order chi connectivity index (χ1) is 10.3. The van der Waals surface area contributed by atoms with E-state index in [2.05, 4.69) is 45.4 Å². The van der Waals surface area contributed by atoms with Gasteiger partial charge in [-0.25, -0.2) is 15.0 Å². The molecule has 102 valence electrons. The van der Waals surface area contributed by atoms with Crippen molar-refractivity contribution >= 4 is 44.0 Å². The Kier molecular flexibility index (Phi) is 2.79. The number of rotatable bonds is 2. The van der Waals surface area contributed by atoms with Crippen LogP contribution < -0.4 is 5.32 Å². The minimum absolute atomic E-state index is 0.818. The first-order valence-corrected chi connectivity index (χ1v) is 7.49. The summed E-state index contributed by atoms with van der Waals surface area (Å²) >= 11 is 1.64. The molecule has 0 aliphatic rings. The zero-order valence-corrected chi connectivity index (χ0v) is 12.2. The summed E-state index contributed by atoms with van der Waals surface area (Å²) in [6.07, 6.45) is 1.58. The van der Waals surface area contributed by atoms with Crippen molar-refractivity contribution in [1.82, 2.24) is 15.0 Å². The number of nitrogens with one attached hydrogen (secondary N) is 1. The first kappa shape index (κ1) is 12.2. The van der Waals surface area contributed by atoms with Crippen LogP contribution in [-0.2, 0) is 0 Å². The molecular weight excluding hydrogens is 280 g/mol. The first-order valence-electron chi connectivity index (χ1n) is 6.61. The molecule has 0 aliphatic carbocycles. The molecular formula is C16H12N4S. The van der Waals surface area contributed by atoms with Gasteiger partial charge in [0, 0.05) is 11.1 Å². The monoisotopic (exact) mass is 292 g/mol. The molecule has 0 fully saturated rings. The average molecular weight is 292 g/mol. The van der Waals surface area contributed by atoms with Crippen molar-refractivity contribution in [1.29, 1.82) is 0 Å². The quantitative estimate of drug-likeness (QED) is 0.598. The highest BCUT2D eigenvalue weighted by Gasteiger charge is 2.05. The molecule has 0 saturated carbocycles. The third-order valence-corrected chi connectivity index (χ3v) is 4.19. The predicted molar refractivity (Wildman–Crippen MR) is 87.2 cm³/mol. The average Bonchev–Trinajstić information content (AvgIpc) is 2.95. The number of hydrogen-bond donors (Lipinski definition) is 1. The molecule has 0 aliphatic heterocycles. The van der Waals surface area contributed by atoms with E-state index in [4.69, 9.17) is 0 Å². The van der Waals surface area contributed by atoms with Gasteiger partial charge in [-0.05, 0) is 37.3 Å². The highest BCUT2D eigenvalue weighted by Crippen LogP contribution is 2.26. The van der Waals surface area contributed by atoms with Crippen LogP contribution in [0.25, 0.3) is 21.1 Å². The molecule has 0 amide bonds. The highest BCUT2D eigenvalue weighted by atomic mass is 32.1. The van der Waals surface area contributed by atoms with E-state index in [1.54, 1.807) is 17.7 Å². The smallest absolute Gasteiger partial charge is 0.141 e. The fourth-order valence-corrected chi connectivity index (χ4v) is 3.00. The number of thiazole rings is 1. The lowest BCUT2D eigenvalue weighted by molar-refractivity contribution is 1.22. The van der Waals surface area contributed by atoms with E-state index >= 15 is 0 Å². The maximum atomic E-state index is 4.37. The van der Waals surface area contributed by atoms with Gasteiger partial charge in [0.25, 0.3) is 0 Å². The van der Waals surface area contributed by atoms with Gasteiger partial charge in [0.15, 0.2) is 0 Å². The summed E-state index contributed by atoms with van der Waals surface area (Å²) in [6.45, 7) is 2.07. The van der Waals surface area contributed by atoms with Crippen molar-refractivity contribution in [3.63, 3.8) is 0 Å². The third kappa shape index (κ3) is 2.21. The van der Waals surface area contributed by atoms with Gasteiger partial charge in [0.1, 0.15) is 12.1 Å². The van der Waals surface area contributed by atoms with Gasteiger partial charge in [-0.3, -0.25) is 0 Å². The molecule has 21 heavy (non-hydrogen) atoms.